The molecular formula is C14H10ClN3O4. The minimum atomic E-state index is -0.688. The fraction of sp³-hybridized carbons (Fsp3) is 0.143. The zero-order valence-corrected chi connectivity index (χ0v) is 12.2. The Labute approximate surface area is 130 Å². The maximum Gasteiger partial charge on any atom is 0.357 e. The molecule has 2 heterocycles. The van der Waals surface area contributed by atoms with Crippen LogP contribution < -0.4 is 15.2 Å². The summed E-state index contributed by atoms with van der Waals surface area (Å²) in [6.07, 6.45) is 1.41. The number of hydrogen-bond acceptors (Lipinski definition) is 6. The average Bonchev–Trinajstić information content (AvgIpc) is 3.10. The summed E-state index contributed by atoms with van der Waals surface area (Å²) in [7, 11) is 1.22. The van der Waals surface area contributed by atoms with E-state index in [0.717, 1.165) is 0 Å². The van der Waals surface area contributed by atoms with E-state index in [1.165, 1.54) is 17.9 Å². The lowest BCUT2D eigenvalue weighted by molar-refractivity contribution is 0.0593. The second-order valence-corrected chi connectivity index (χ2v) is 4.82. The molecular weight excluding hydrogens is 310 g/mol. The molecule has 1 aliphatic heterocycles. The standard InChI is InChI=1S/C14H10ClN3O4/c1-20-14(19)12-10(17)7(4-16)5-18(12)11-8(15)2-3-9-13(11)22-6-21-9/h2-3,5H,6,17H2,1H3. The number of ether oxygens (including phenoxy) is 3. The molecule has 0 bridgehead atoms. The van der Waals surface area contributed by atoms with E-state index < -0.39 is 5.97 Å². The Kier molecular flexibility index (Phi) is 3.31. The van der Waals surface area contributed by atoms with E-state index >= 15 is 0 Å². The predicted molar refractivity (Wildman–Crippen MR) is 77.4 cm³/mol. The van der Waals surface area contributed by atoms with E-state index in [1.807, 2.05) is 6.07 Å². The summed E-state index contributed by atoms with van der Waals surface area (Å²) >= 11 is 6.23. The van der Waals surface area contributed by atoms with Gasteiger partial charge in [0, 0.05) is 6.20 Å². The summed E-state index contributed by atoms with van der Waals surface area (Å²) in [6, 6.07) is 5.18. The van der Waals surface area contributed by atoms with Crippen molar-refractivity contribution in [3.63, 3.8) is 0 Å². The van der Waals surface area contributed by atoms with Crippen LogP contribution in [0.4, 0.5) is 5.69 Å². The topological polar surface area (TPSA) is 99.5 Å². The van der Waals surface area contributed by atoms with E-state index in [4.69, 9.17) is 36.8 Å². The number of methoxy groups -OCH3 is 1. The third-order valence-electron chi connectivity index (χ3n) is 3.25. The van der Waals surface area contributed by atoms with Gasteiger partial charge >= 0.3 is 5.97 Å². The molecule has 2 aromatic rings. The van der Waals surface area contributed by atoms with Crippen LogP contribution in [-0.2, 0) is 4.74 Å². The molecule has 0 saturated carbocycles. The van der Waals surface area contributed by atoms with Gasteiger partial charge in [-0.2, -0.15) is 5.26 Å². The highest BCUT2D eigenvalue weighted by molar-refractivity contribution is 6.33. The molecule has 7 nitrogen and oxygen atoms in total. The Morgan fingerprint density at radius 3 is 2.95 bits per heavy atom. The lowest BCUT2D eigenvalue weighted by Crippen LogP contribution is -2.11. The van der Waals surface area contributed by atoms with E-state index in [0.29, 0.717) is 22.2 Å². The first-order chi connectivity index (χ1) is 10.6. The van der Waals surface area contributed by atoms with Gasteiger partial charge in [-0.15, -0.1) is 0 Å². The third kappa shape index (κ3) is 1.93. The molecule has 1 aliphatic rings. The minimum absolute atomic E-state index is 0.00449. The Morgan fingerprint density at radius 2 is 2.27 bits per heavy atom. The molecule has 1 aromatic carbocycles. The van der Waals surface area contributed by atoms with Gasteiger partial charge in [-0.1, -0.05) is 11.6 Å². The number of fused-ring (bicyclic) bond motifs is 1. The van der Waals surface area contributed by atoms with Crippen molar-refractivity contribution in [2.24, 2.45) is 0 Å². The number of carbonyl (C=O) groups is 1. The average molecular weight is 320 g/mol. The fourth-order valence-corrected chi connectivity index (χ4v) is 2.49. The number of aromatic nitrogens is 1. The number of esters is 1. The smallest absolute Gasteiger partial charge is 0.357 e. The normalized spacial score (nSPS) is 12.0. The number of halogens is 1. The van der Waals surface area contributed by atoms with E-state index in [-0.39, 0.29) is 23.7 Å². The number of nitrogen functional groups attached to an aromatic ring is 1. The van der Waals surface area contributed by atoms with Crippen LogP contribution in [0.25, 0.3) is 5.69 Å². The molecule has 3 rings (SSSR count). The first kappa shape index (κ1) is 14.1. The number of nitrogens with zero attached hydrogens (tertiary/aromatic N) is 2. The molecule has 2 N–H and O–H groups in total. The van der Waals surface area contributed by atoms with Crippen LogP contribution in [0.1, 0.15) is 16.1 Å². The molecule has 0 fully saturated rings. The quantitative estimate of drug-likeness (QED) is 0.851. The highest BCUT2D eigenvalue weighted by Gasteiger charge is 2.28. The second kappa shape index (κ2) is 5.16. The van der Waals surface area contributed by atoms with Crippen molar-refractivity contribution in [3.05, 3.63) is 34.6 Å². The molecule has 0 amide bonds. The van der Waals surface area contributed by atoms with Crippen LogP contribution in [0.2, 0.25) is 5.02 Å². The minimum Gasteiger partial charge on any atom is -0.464 e. The Morgan fingerprint density at radius 1 is 1.50 bits per heavy atom. The monoisotopic (exact) mass is 319 g/mol. The maximum atomic E-state index is 12.0. The third-order valence-corrected chi connectivity index (χ3v) is 3.55. The van der Waals surface area contributed by atoms with Gasteiger partial charge < -0.3 is 24.5 Å². The van der Waals surface area contributed by atoms with Gasteiger partial charge in [-0.3, -0.25) is 0 Å². The highest BCUT2D eigenvalue weighted by Crippen LogP contribution is 2.43. The number of rotatable bonds is 2. The van der Waals surface area contributed by atoms with E-state index in [9.17, 15) is 4.79 Å². The van der Waals surface area contributed by atoms with Crippen molar-refractivity contribution >= 4 is 23.3 Å². The maximum absolute atomic E-state index is 12.0. The molecule has 1 aromatic heterocycles. The number of nitrogens with two attached hydrogens (primary N) is 1. The Bertz CT molecular complexity index is 822. The first-order valence-corrected chi connectivity index (χ1v) is 6.54. The molecule has 112 valence electrons. The zero-order valence-electron chi connectivity index (χ0n) is 11.4. The van der Waals surface area contributed by atoms with Crippen molar-refractivity contribution in [1.29, 1.82) is 5.26 Å². The number of anilines is 1. The molecule has 0 radical (unpaired) electrons. The number of benzene rings is 1. The van der Waals surface area contributed by atoms with Crippen LogP contribution in [0.3, 0.4) is 0 Å². The summed E-state index contributed by atoms with van der Waals surface area (Å²) < 4.78 is 16.8. The van der Waals surface area contributed by atoms with Gasteiger partial charge in [0.05, 0.1) is 23.4 Å². The van der Waals surface area contributed by atoms with Gasteiger partial charge in [-0.05, 0) is 12.1 Å². The van der Waals surface area contributed by atoms with Crippen molar-refractivity contribution in [1.82, 2.24) is 4.57 Å². The fourth-order valence-electron chi connectivity index (χ4n) is 2.25. The van der Waals surface area contributed by atoms with Crippen LogP contribution in [0.5, 0.6) is 11.5 Å². The lowest BCUT2D eigenvalue weighted by Gasteiger charge is -2.12. The number of carbonyl (C=O) groups excluding carboxylic acids is 1. The number of hydrogen-bond donors (Lipinski definition) is 1. The summed E-state index contributed by atoms with van der Waals surface area (Å²) in [5.74, 6) is 0.171. The largest absolute Gasteiger partial charge is 0.464 e. The Hall–Kier alpha value is -2.85. The summed E-state index contributed by atoms with van der Waals surface area (Å²) in [5, 5.41) is 9.45. The van der Waals surface area contributed by atoms with Crippen molar-refractivity contribution in [2.45, 2.75) is 0 Å². The second-order valence-electron chi connectivity index (χ2n) is 4.41. The van der Waals surface area contributed by atoms with Gasteiger partial charge in [0.15, 0.2) is 17.2 Å². The molecule has 0 atom stereocenters. The van der Waals surface area contributed by atoms with E-state index in [2.05, 4.69) is 0 Å². The number of nitriles is 1. The highest BCUT2D eigenvalue weighted by atomic mass is 35.5. The summed E-state index contributed by atoms with van der Waals surface area (Å²) in [4.78, 5) is 12.0. The molecule has 0 unspecified atom stereocenters. The first-order valence-electron chi connectivity index (χ1n) is 6.16. The van der Waals surface area contributed by atoms with Crippen LogP contribution in [0.15, 0.2) is 18.3 Å². The van der Waals surface area contributed by atoms with Crippen LogP contribution in [0, 0.1) is 11.3 Å². The molecule has 0 saturated heterocycles. The van der Waals surface area contributed by atoms with Crippen molar-refractivity contribution < 1.29 is 19.0 Å². The van der Waals surface area contributed by atoms with Gasteiger partial charge in [0.1, 0.15) is 11.8 Å². The van der Waals surface area contributed by atoms with Gasteiger partial charge in [-0.25, -0.2) is 4.79 Å². The van der Waals surface area contributed by atoms with Gasteiger partial charge in [0.2, 0.25) is 6.79 Å². The van der Waals surface area contributed by atoms with Crippen LogP contribution in [-0.4, -0.2) is 24.4 Å². The van der Waals surface area contributed by atoms with Crippen molar-refractivity contribution in [3.8, 4) is 23.3 Å². The van der Waals surface area contributed by atoms with Crippen molar-refractivity contribution in [2.75, 3.05) is 19.6 Å². The van der Waals surface area contributed by atoms with Gasteiger partial charge in [0.25, 0.3) is 0 Å². The zero-order chi connectivity index (χ0) is 15.9. The molecule has 0 spiro atoms. The molecule has 8 heteroatoms. The predicted octanol–water partition coefficient (Wildman–Crippen LogP) is 2.10. The summed E-state index contributed by atoms with van der Waals surface area (Å²) in [6.45, 7) is 0.0398. The Balaban J connectivity index is 2.33. The van der Waals surface area contributed by atoms with Crippen LogP contribution >= 0.6 is 11.6 Å². The summed E-state index contributed by atoms with van der Waals surface area (Å²) in [5.41, 5.74) is 6.38. The molecule has 0 aliphatic carbocycles. The SMILES string of the molecule is COC(=O)c1c(N)c(C#N)cn1-c1c(Cl)ccc2c1OCO2. The lowest BCUT2D eigenvalue weighted by atomic mass is 10.2. The molecule has 22 heavy (non-hydrogen) atoms. The van der Waals surface area contributed by atoms with E-state index in [1.54, 1.807) is 12.1 Å².